The first-order valence-corrected chi connectivity index (χ1v) is 7.00. The van der Waals surface area contributed by atoms with Gasteiger partial charge < -0.3 is 10.6 Å². The van der Waals surface area contributed by atoms with Gasteiger partial charge in [-0.1, -0.05) is 30.3 Å². The third-order valence-electron chi connectivity index (χ3n) is 2.81. The molecular weight excluding hydrogens is 262 g/mol. The molecule has 1 aromatic heterocycles. The number of carbonyl (C=O) groups is 1. The second-order valence-corrected chi connectivity index (χ2v) is 5.97. The molecule has 0 bridgehead atoms. The van der Waals surface area contributed by atoms with Crippen molar-refractivity contribution in [2.24, 2.45) is 0 Å². The molecule has 0 unspecified atom stereocenters. The average molecular weight is 283 g/mol. The third-order valence-corrected chi connectivity index (χ3v) is 2.81. The normalized spacial score (nSPS) is 11.0. The van der Waals surface area contributed by atoms with E-state index in [-0.39, 0.29) is 11.4 Å². The van der Waals surface area contributed by atoms with Gasteiger partial charge in [0.25, 0.3) is 5.91 Å². The molecule has 0 radical (unpaired) electrons. The van der Waals surface area contributed by atoms with Crippen LogP contribution in [0, 0.1) is 0 Å². The molecule has 0 atom stereocenters. The molecule has 110 valence electrons. The predicted octanol–water partition coefficient (Wildman–Crippen LogP) is 3.22. The monoisotopic (exact) mass is 283 g/mol. The van der Waals surface area contributed by atoms with Gasteiger partial charge in [-0.2, -0.15) is 0 Å². The Balaban J connectivity index is 2.01. The smallest absolute Gasteiger partial charge is 0.270 e. The van der Waals surface area contributed by atoms with Crippen LogP contribution in [-0.2, 0) is 6.54 Å². The number of benzene rings is 1. The summed E-state index contributed by atoms with van der Waals surface area (Å²) in [6.07, 6.45) is 1.64. The summed E-state index contributed by atoms with van der Waals surface area (Å²) >= 11 is 0. The van der Waals surface area contributed by atoms with Crippen LogP contribution in [-0.4, -0.2) is 16.4 Å². The quantitative estimate of drug-likeness (QED) is 0.906. The van der Waals surface area contributed by atoms with Gasteiger partial charge in [0.05, 0.1) is 0 Å². The summed E-state index contributed by atoms with van der Waals surface area (Å²) in [5, 5.41) is 6.21. The lowest BCUT2D eigenvalue weighted by Crippen LogP contribution is -2.27. The van der Waals surface area contributed by atoms with E-state index in [1.807, 2.05) is 36.4 Å². The Hall–Kier alpha value is -2.36. The summed E-state index contributed by atoms with van der Waals surface area (Å²) < 4.78 is 0. The van der Waals surface area contributed by atoms with Crippen LogP contribution in [0.4, 0.5) is 5.69 Å². The molecule has 0 saturated carbocycles. The minimum atomic E-state index is -0.170. The summed E-state index contributed by atoms with van der Waals surface area (Å²) in [6.45, 7) is 6.71. The van der Waals surface area contributed by atoms with Gasteiger partial charge in [0, 0.05) is 24.0 Å². The molecule has 2 rings (SSSR count). The molecule has 2 N–H and O–H groups in total. The van der Waals surface area contributed by atoms with Gasteiger partial charge >= 0.3 is 0 Å². The van der Waals surface area contributed by atoms with E-state index in [4.69, 9.17) is 0 Å². The zero-order valence-electron chi connectivity index (χ0n) is 12.7. The maximum atomic E-state index is 12.1. The molecule has 1 heterocycles. The standard InChI is InChI=1S/C17H21N3O/c1-17(2,3)20-14-9-10-18-15(11-14)16(21)19-12-13-7-5-4-6-8-13/h4-11H,12H2,1-3H3,(H,18,20)(H,19,21). The van der Waals surface area contributed by atoms with Crippen LogP contribution in [0.15, 0.2) is 48.7 Å². The fraction of sp³-hybridized carbons (Fsp3) is 0.294. The van der Waals surface area contributed by atoms with Gasteiger partial charge in [0.2, 0.25) is 0 Å². The molecule has 0 fully saturated rings. The van der Waals surface area contributed by atoms with Gasteiger partial charge in [0.15, 0.2) is 0 Å². The number of amides is 1. The molecule has 0 spiro atoms. The number of carbonyl (C=O) groups excluding carboxylic acids is 1. The van der Waals surface area contributed by atoms with Crippen molar-refractivity contribution in [2.75, 3.05) is 5.32 Å². The second-order valence-electron chi connectivity index (χ2n) is 5.97. The van der Waals surface area contributed by atoms with E-state index in [2.05, 4.69) is 36.4 Å². The molecule has 21 heavy (non-hydrogen) atoms. The lowest BCUT2D eigenvalue weighted by molar-refractivity contribution is 0.0946. The molecule has 4 heteroatoms. The maximum Gasteiger partial charge on any atom is 0.270 e. The highest BCUT2D eigenvalue weighted by Gasteiger charge is 2.12. The molecule has 0 aliphatic heterocycles. The Morgan fingerprint density at radius 3 is 2.52 bits per heavy atom. The molecule has 1 amide bonds. The van der Waals surface area contributed by atoms with Crippen LogP contribution in [0.3, 0.4) is 0 Å². The summed E-state index contributed by atoms with van der Waals surface area (Å²) in [6, 6.07) is 13.4. The number of anilines is 1. The van der Waals surface area contributed by atoms with Crippen LogP contribution >= 0.6 is 0 Å². The number of rotatable bonds is 4. The summed E-state index contributed by atoms with van der Waals surface area (Å²) in [4.78, 5) is 16.3. The van der Waals surface area contributed by atoms with Gasteiger partial charge in [-0.05, 0) is 38.5 Å². The van der Waals surface area contributed by atoms with Crippen LogP contribution in [0.2, 0.25) is 0 Å². The molecule has 4 nitrogen and oxygen atoms in total. The Morgan fingerprint density at radius 2 is 1.86 bits per heavy atom. The van der Waals surface area contributed by atoms with Gasteiger partial charge in [-0.3, -0.25) is 9.78 Å². The number of pyridine rings is 1. The highest BCUT2D eigenvalue weighted by atomic mass is 16.1. The summed E-state index contributed by atoms with van der Waals surface area (Å²) in [7, 11) is 0. The van der Waals surface area contributed by atoms with Gasteiger partial charge in [-0.15, -0.1) is 0 Å². The van der Waals surface area contributed by atoms with E-state index in [1.54, 1.807) is 12.3 Å². The number of nitrogens with zero attached hydrogens (tertiary/aromatic N) is 1. The van der Waals surface area contributed by atoms with Crippen molar-refractivity contribution in [1.82, 2.24) is 10.3 Å². The zero-order valence-corrected chi connectivity index (χ0v) is 12.7. The van der Waals surface area contributed by atoms with Crippen LogP contribution in [0.25, 0.3) is 0 Å². The number of hydrogen-bond donors (Lipinski definition) is 2. The highest BCUT2D eigenvalue weighted by Crippen LogP contribution is 2.14. The predicted molar refractivity (Wildman–Crippen MR) is 85.2 cm³/mol. The minimum absolute atomic E-state index is 0.0564. The van der Waals surface area contributed by atoms with Crippen molar-refractivity contribution in [2.45, 2.75) is 32.9 Å². The molecule has 0 aliphatic carbocycles. The Labute approximate surface area is 125 Å². The van der Waals surface area contributed by atoms with Gasteiger partial charge in [0.1, 0.15) is 5.69 Å². The highest BCUT2D eigenvalue weighted by molar-refractivity contribution is 5.93. The van der Waals surface area contributed by atoms with E-state index in [0.717, 1.165) is 11.3 Å². The van der Waals surface area contributed by atoms with Crippen molar-refractivity contribution in [3.63, 3.8) is 0 Å². The SMILES string of the molecule is CC(C)(C)Nc1ccnc(C(=O)NCc2ccccc2)c1. The first-order valence-electron chi connectivity index (χ1n) is 7.00. The van der Waals surface area contributed by atoms with E-state index in [1.165, 1.54) is 0 Å². The Bertz CT molecular complexity index is 603. The number of nitrogens with one attached hydrogen (secondary N) is 2. The molecule has 0 aliphatic rings. The Morgan fingerprint density at radius 1 is 1.14 bits per heavy atom. The van der Waals surface area contributed by atoms with Crippen molar-refractivity contribution in [3.8, 4) is 0 Å². The number of hydrogen-bond acceptors (Lipinski definition) is 3. The zero-order chi connectivity index (χ0) is 15.3. The first-order chi connectivity index (χ1) is 9.94. The maximum absolute atomic E-state index is 12.1. The first kappa shape index (κ1) is 15.0. The van der Waals surface area contributed by atoms with Crippen molar-refractivity contribution < 1.29 is 4.79 Å². The lowest BCUT2D eigenvalue weighted by Gasteiger charge is -2.22. The lowest BCUT2D eigenvalue weighted by atomic mass is 10.1. The number of aromatic nitrogens is 1. The van der Waals surface area contributed by atoms with Crippen LogP contribution in [0.5, 0.6) is 0 Å². The molecular formula is C17H21N3O. The summed E-state index contributed by atoms with van der Waals surface area (Å²) in [5.41, 5.74) is 2.32. The fourth-order valence-corrected chi connectivity index (χ4v) is 1.93. The fourth-order valence-electron chi connectivity index (χ4n) is 1.93. The molecule has 0 saturated heterocycles. The second kappa shape index (κ2) is 6.39. The van der Waals surface area contributed by atoms with Crippen LogP contribution in [0.1, 0.15) is 36.8 Å². The molecule has 1 aromatic carbocycles. The third kappa shape index (κ3) is 4.91. The Kier molecular flexibility index (Phi) is 4.58. The minimum Gasteiger partial charge on any atom is -0.380 e. The topological polar surface area (TPSA) is 54.0 Å². The van der Waals surface area contributed by atoms with Gasteiger partial charge in [-0.25, -0.2) is 0 Å². The molecule has 2 aromatic rings. The van der Waals surface area contributed by atoms with E-state index < -0.39 is 0 Å². The van der Waals surface area contributed by atoms with Crippen molar-refractivity contribution in [3.05, 3.63) is 59.9 Å². The van der Waals surface area contributed by atoms with Crippen molar-refractivity contribution >= 4 is 11.6 Å². The average Bonchev–Trinajstić information content (AvgIpc) is 2.44. The van der Waals surface area contributed by atoms with E-state index in [9.17, 15) is 4.79 Å². The van der Waals surface area contributed by atoms with Crippen molar-refractivity contribution in [1.29, 1.82) is 0 Å². The van der Waals surface area contributed by atoms with E-state index >= 15 is 0 Å². The van der Waals surface area contributed by atoms with E-state index in [0.29, 0.717) is 12.2 Å². The summed E-state index contributed by atoms with van der Waals surface area (Å²) in [5.74, 6) is -0.170. The van der Waals surface area contributed by atoms with Crippen LogP contribution < -0.4 is 10.6 Å². The largest absolute Gasteiger partial charge is 0.380 e.